The molecule has 0 aromatic heterocycles. The highest BCUT2D eigenvalue weighted by molar-refractivity contribution is 7.47. The van der Waals surface area contributed by atoms with E-state index in [2.05, 4.69) is 13.8 Å². The second-order valence-corrected chi connectivity index (χ2v) is 14.6. The van der Waals surface area contributed by atoms with Gasteiger partial charge in [0.2, 0.25) is 0 Å². The molecule has 7 nitrogen and oxygen atoms in total. The lowest BCUT2D eigenvalue weighted by Crippen LogP contribution is -2.26. The summed E-state index contributed by atoms with van der Waals surface area (Å²) in [4.78, 5) is 9.87. The van der Waals surface area contributed by atoms with Crippen LogP contribution in [0.1, 0.15) is 194 Å². The third kappa shape index (κ3) is 36.7. The van der Waals surface area contributed by atoms with E-state index in [1.165, 1.54) is 161 Å². The molecule has 0 rings (SSSR count). The molecular formula is C37H78NO6P. The highest BCUT2D eigenvalue weighted by Crippen LogP contribution is 2.43. The smallest absolute Gasteiger partial charge is 0.379 e. The first-order valence-electron chi connectivity index (χ1n) is 19.6. The standard InChI is InChI=1S/C37H78NO6P/c1-3-5-7-9-11-13-15-17-19-21-23-25-27-29-32-41-35-37(36-44-45(39,40)43-34-31-38)42-33-30-28-26-24-22-20-18-16-14-12-10-8-6-4-2/h37H,3-36,38H2,1-2H3,(H,39,40)/t37-/m0/s1. The van der Waals surface area contributed by atoms with Crippen molar-refractivity contribution in [3.8, 4) is 0 Å². The minimum atomic E-state index is -4.13. The number of hydrogen-bond donors (Lipinski definition) is 2. The van der Waals surface area contributed by atoms with Crippen LogP contribution in [0.15, 0.2) is 0 Å². The Labute approximate surface area is 280 Å². The second-order valence-electron chi connectivity index (χ2n) is 13.1. The Balaban J connectivity index is 3.89. The maximum Gasteiger partial charge on any atom is 0.472 e. The van der Waals surface area contributed by atoms with Crippen LogP contribution in [0.25, 0.3) is 0 Å². The molecule has 0 radical (unpaired) electrons. The third-order valence-electron chi connectivity index (χ3n) is 8.59. The molecule has 8 heteroatoms. The van der Waals surface area contributed by atoms with E-state index in [1.54, 1.807) is 0 Å². The van der Waals surface area contributed by atoms with E-state index in [0.29, 0.717) is 19.8 Å². The van der Waals surface area contributed by atoms with Crippen molar-refractivity contribution in [2.24, 2.45) is 5.73 Å². The maximum absolute atomic E-state index is 12.1. The van der Waals surface area contributed by atoms with Crippen LogP contribution in [0.2, 0.25) is 0 Å². The molecule has 0 spiro atoms. The van der Waals surface area contributed by atoms with Gasteiger partial charge in [-0.2, -0.15) is 0 Å². The van der Waals surface area contributed by atoms with E-state index >= 15 is 0 Å². The summed E-state index contributed by atoms with van der Waals surface area (Å²) in [7, 11) is -4.13. The first-order chi connectivity index (χ1) is 22.1. The summed E-state index contributed by atoms with van der Waals surface area (Å²) in [5.74, 6) is 0. The van der Waals surface area contributed by atoms with Crippen LogP contribution in [-0.4, -0.2) is 50.6 Å². The van der Waals surface area contributed by atoms with E-state index in [4.69, 9.17) is 24.3 Å². The summed E-state index contributed by atoms with van der Waals surface area (Å²) >= 11 is 0. The molecule has 0 amide bonds. The van der Waals surface area contributed by atoms with Crippen LogP contribution < -0.4 is 5.73 Å². The molecule has 272 valence electrons. The first kappa shape index (κ1) is 45.0. The Bertz CT molecular complexity index is 611. The van der Waals surface area contributed by atoms with Crippen molar-refractivity contribution in [3.05, 3.63) is 0 Å². The normalized spacial score (nSPS) is 13.8. The first-order valence-corrected chi connectivity index (χ1v) is 21.1. The molecule has 0 saturated carbocycles. The summed E-state index contributed by atoms with van der Waals surface area (Å²) in [6.45, 7) is 6.30. The van der Waals surface area contributed by atoms with Crippen molar-refractivity contribution >= 4 is 7.82 Å². The molecule has 0 aromatic carbocycles. The zero-order valence-corrected chi connectivity index (χ0v) is 31.0. The summed E-state index contributed by atoms with van der Waals surface area (Å²) in [6.07, 6.45) is 36.7. The lowest BCUT2D eigenvalue weighted by atomic mass is 10.0. The van der Waals surface area contributed by atoms with Crippen molar-refractivity contribution in [3.63, 3.8) is 0 Å². The van der Waals surface area contributed by atoms with Crippen molar-refractivity contribution in [2.75, 3.05) is 39.6 Å². The molecule has 2 atom stereocenters. The Morgan fingerprint density at radius 1 is 0.489 bits per heavy atom. The SMILES string of the molecule is CCCCCCCCCCCCCCCCOC[C@@H](COP(=O)(O)OCCN)OCCCCCCCCCCCCCCCC. The fourth-order valence-corrected chi connectivity index (χ4v) is 6.45. The van der Waals surface area contributed by atoms with Crippen molar-refractivity contribution in [1.29, 1.82) is 0 Å². The van der Waals surface area contributed by atoms with Gasteiger partial charge in [-0.15, -0.1) is 0 Å². The predicted molar refractivity (Wildman–Crippen MR) is 192 cm³/mol. The molecule has 0 heterocycles. The maximum atomic E-state index is 12.1. The van der Waals surface area contributed by atoms with Gasteiger partial charge in [0, 0.05) is 19.8 Å². The van der Waals surface area contributed by atoms with Gasteiger partial charge in [0.25, 0.3) is 0 Å². The third-order valence-corrected chi connectivity index (χ3v) is 9.58. The van der Waals surface area contributed by atoms with Gasteiger partial charge in [0.15, 0.2) is 0 Å². The van der Waals surface area contributed by atoms with Crippen molar-refractivity contribution in [1.82, 2.24) is 0 Å². The van der Waals surface area contributed by atoms with E-state index in [-0.39, 0.29) is 25.9 Å². The van der Waals surface area contributed by atoms with Gasteiger partial charge in [0.05, 0.1) is 19.8 Å². The summed E-state index contributed by atoms with van der Waals surface area (Å²) in [5, 5.41) is 0. The fraction of sp³-hybridized carbons (Fsp3) is 1.00. The van der Waals surface area contributed by atoms with E-state index in [9.17, 15) is 9.46 Å². The largest absolute Gasteiger partial charge is 0.472 e. The number of unbranched alkanes of at least 4 members (excludes halogenated alkanes) is 26. The van der Waals surface area contributed by atoms with Crippen LogP contribution in [0.5, 0.6) is 0 Å². The van der Waals surface area contributed by atoms with Crippen LogP contribution in [0, 0.1) is 0 Å². The quantitative estimate of drug-likeness (QED) is 0.0498. The molecule has 3 N–H and O–H groups in total. The second kappa shape index (κ2) is 36.8. The topological polar surface area (TPSA) is 100 Å². The molecule has 45 heavy (non-hydrogen) atoms. The number of hydrogen-bond acceptors (Lipinski definition) is 6. The average molecular weight is 664 g/mol. The van der Waals surface area contributed by atoms with E-state index in [0.717, 1.165) is 19.3 Å². The minimum Gasteiger partial charge on any atom is -0.379 e. The zero-order valence-electron chi connectivity index (χ0n) is 30.1. The Morgan fingerprint density at radius 2 is 0.844 bits per heavy atom. The fourth-order valence-electron chi connectivity index (χ4n) is 5.69. The molecule has 0 aliphatic carbocycles. The molecule has 0 aliphatic rings. The molecule has 0 bridgehead atoms. The lowest BCUT2D eigenvalue weighted by Gasteiger charge is -2.20. The van der Waals surface area contributed by atoms with Gasteiger partial charge in [-0.3, -0.25) is 9.05 Å². The predicted octanol–water partition coefficient (Wildman–Crippen LogP) is 11.4. The molecule has 0 aromatic rings. The highest BCUT2D eigenvalue weighted by atomic mass is 31.2. The monoisotopic (exact) mass is 664 g/mol. The summed E-state index contributed by atoms with van der Waals surface area (Å²) in [5.41, 5.74) is 5.38. The van der Waals surface area contributed by atoms with Gasteiger partial charge in [-0.1, -0.05) is 181 Å². The number of rotatable bonds is 39. The molecule has 1 unspecified atom stereocenters. The van der Waals surface area contributed by atoms with Gasteiger partial charge < -0.3 is 20.1 Å². The van der Waals surface area contributed by atoms with Crippen LogP contribution in [0.3, 0.4) is 0 Å². The Hall–Kier alpha value is -0.0100. The molecular weight excluding hydrogens is 585 g/mol. The van der Waals surface area contributed by atoms with Gasteiger partial charge in [-0.05, 0) is 12.8 Å². The van der Waals surface area contributed by atoms with E-state index in [1.807, 2.05) is 0 Å². The van der Waals surface area contributed by atoms with Gasteiger partial charge in [-0.25, -0.2) is 4.57 Å². The number of phosphoric ester groups is 1. The van der Waals surface area contributed by atoms with E-state index < -0.39 is 7.82 Å². The van der Waals surface area contributed by atoms with Crippen LogP contribution in [-0.2, 0) is 23.1 Å². The molecule has 0 aliphatic heterocycles. The molecule has 0 saturated heterocycles. The van der Waals surface area contributed by atoms with Gasteiger partial charge in [0.1, 0.15) is 6.10 Å². The van der Waals surface area contributed by atoms with Crippen LogP contribution >= 0.6 is 7.82 Å². The minimum absolute atomic E-state index is 0.0199. The summed E-state index contributed by atoms with van der Waals surface area (Å²) in [6, 6.07) is 0. The lowest BCUT2D eigenvalue weighted by molar-refractivity contribution is -0.0443. The summed E-state index contributed by atoms with van der Waals surface area (Å²) < 4.78 is 34.0. The highest BCUT2D eigenvalue weighted by Gasteiger charge is 2.23. The Kier molecular flexibility index (Phi) is 36.8. The van der Waals surface area contributed by atoms with Gasteiger partial charge >= 0.3 is 7.82 Å². The Morgan fingerprint density at radius 3 is 1.22 bits per heavy atom. The number of phosphoric acid groups is 1. The van der Waals surface area contributed by atoms with Crippen molar-refractivity contribution < 1.29 is 28.0 Å². The molecule has 0 fully saturated rings. The number of nitrogens with two attached hydrogens (primary N) is 1. The van der Waals surface area contributed by atoms with Crippen molar-refractivity contribution in [2.45, 2.75) is 200 Å². The average Bonchev–Trinajstić information content (AvgIpc) is 3.03. The van der Waals surface area contributed by atoms with Crippen LogP contribution in [0.4, 0.5) is 0 Å². The number of ether oxygens (including phenoxy) is 2. The zero-order chi connectivity index (χ0) is 32.9.